The van der Waals surface area contributed by atoms with Gasteiger partial charge in [0, 0.05) is 37.8 Å². The van der Waals surface area contributed by atoms with E-state index in [1.165, 1.54) is 71.2 Å². The molecule has 0 amide bonds. The molecule has 0 aromatic rings. The molecule has 1 saturated carbocycles. The van der Waals surface area contributed by atoms with Crippen molar-refractivity contribution >= 4 is 0 Å². The maximum atomic E-state index is 3.72. The van der Waals surface area contributed by atoms with Crippen LogP contribution in [0.15, 0.2) is 0 Å². The van der Waals surface area contributed by atoms with Crippen LogP contribution in [0, 0.1) is 0 Å². The molecule has 18 heavy (non-hydrogen) atoms. The van der Waals surface area contributed by atoms with E-state index in [-0.39, 0.29) is 0 Å². The van der Waals surface area contributed by atoms with Gasteiger partial charge in [0.2, 0.25) is 0 Å². The van der Waals surface area contributed by atoms with Crippen molar-refractivity contribution in [2.75, 3.05) is 32.7 Å². The first-order valence-electron chi connectivity index (χ1n) is 8.08. The van der Waals surface area contributed by atoms with Gasteiger partial charge >= 0.3 is 0 Å². The van der Waals surface area contributed by atoms with Crippen LogP contribution < -0.4 is 5.32 Å². The molecule has 2 aliphatic heterocycles. The minimum atomic E-state index is 0.758. The Morgan fingerprint density at radius 1 is 0.944 bits per heavy atom. The predicted octanol–water partition coefficient (Wildman–Crippen LogP) is 1.69. The van der Waals surface area contributed by atoms with Crippen LogP contribution in [0.1, 0.15) is 45.4 Å². The van der Waals surface area contributed by atoms with E-state index in [2.05, 4.69) is 22.0 Å². The highest BCUT2D eigenvalue weighted by atomic mass is 15.3. The molecule has 3 aliphatic rings. The molecule has 2 unspecified atom stereocenters. The summed E-state index contributed by atoms with van der Waals surface area (Å²) in [5.41, 5.74) is 0. The van der Waals surface area contributed by atoms with Crippen molar-refractivity contribution in [2.24, 2.45) is 0 Å². The number of nitrogens with one attached hydrogen (secondary N) is 1. The third kappa shape index (κ3) is 3.06. The van der Waals surface area contributed by atoms with Gasteiger partial charge in [0.05, 0.1) is 0 Å². The van der Waals surface area contributed by atoms with Gasteiger partial charge in [-0.1, -0.05) is 6.92 Å². The Labute approximate surface area is 112 Å². The predicted molar refractivity (Wildman–Crippen MR) is 75.9 cm³/mol. The van der Waals surface area contributed by atoms with Gasteiger partial charge in [-0.3, -0.25) is 9.80 Å². The summed E-state index contributed by atoms with van der Waals surface area (Å²) in [6.07, 6.45) is 8.38. The van der Waals surface area contributed by atoms with E-state index in [4.69, 9.17) is 0 Å². The summed E-state index contributed by atoms with van der Waals surface area (Å²) in [5, 5.41) is 3.72. The molecule has 3 nitrogen and oxygen atoms in total. The van der Waals surface area contributed by atoms with E-state index in [0.717, 1.165) is 18.1 Å². The quantitative estimate of drug-likeness (QED) is 0.802. The van der Waals surface area contributed by atoms with Crippen LogP contribution in [0.2, 0.25) is 0 Å². The summed E-state index contributed by atoms with van der Waals surface area (Å²) >= 11 is 0. The second-order valence-electron chi connectivity index (χ2n) is 6.46. The molecule has 0 bridgehead atoms. The molecule has 1 aliphatic carbocycles. The van der Waals surface area contributed by atoms with E-state index in [1.807, 2.05) is 0 Å². The Hall–Kier alpha value is -0.120. The zero-order valence-corrected chi connectivity index (χ0v) is 11.9. The molecule has 3 fully saturated rings. The van der Waals surface area contributed by atoms with Crippen molar-refractivity contribution in [3.05, 3.63) is 0 Å². The Balaban J connectivity index is 1.46. The van der Waals surface area contributed by atoms with E-state index in [1.54, 1.807) is 0 Å². The molecule has 0 aromatic heterocycles. The van der Waals surface area contributed by atoms with Crippen molar-refractivity contribution in [1.82, 2.24) is 15.1 Å². The van der Waals surface area contributed by atoms with E-state index in [9.17, 15) is 0 Å². The minimum Gasteiger partial charge on any atom is -0.313 e. The summed E-state index contributed by atoms with van der Waals surface area (Å²) in [5.74, 6) is 0. The second kappa shape index (κ2) is 5.89. The fourth-order valence-electron chi connectivity index (χ4n) is 3.69. The van der Waals surface area contributed by atoms with Crippen molar-refractivity contribution in [1.29, 1.82) is 0 Å². The van der Waals surface area contributed by atoms with Crippen LogP contribution in [0.5, 0.6) is 0 Å². The molecular weight excluding hydrogens is 222 g/mol. The largest absolute Gasteiger partial charge is 0.313 e. The van der Waals surface area contributed by atoms with Crippen LogP contribution in [0.3, 0.4) is 0 Å². The van der Waals surface area contributed by atoms with Gasteiger partial charge in [-0.05, 0) is 51.6 Å². The Morgan fingerprint density at radius 2 is 1.78 bits per heavy atom. The van der Waals surface area contributed by atoms with Crippen LogP contribution in [-0.4, -0.2) is 60.6 Å². The van der Waals surface area contributed by atoms with Gasteiger partial charge < -0.3 is 5.32 Å². The molecule has 3 heteroatoms. The molecule has 0 radical (unpaired) electrons. The number of hydrogen-bond donors (Lipinski definition) is 1. The zero-order valence-electron chi connectivity index (χ0n) is 11.9. The highest BCUT2D eigenvalue weighted by Crippen LogP contribution is 2.31. The van der Waals surface area contributed by atoms with Crippen molar-refractivity contribution in [2.45, 2.75) is 63.6 Å². The molecule has 2 heterocycles. The van der Waals surface area contributed by atoms with Crippen LogP contribution in [-0.2, 0) is 0 Å². The van der Waals surface area contributed by atoms with Crippen LogP contribution >= 0.6 is 0 Å². The first-order valence-corrected chi connectivity index (χ1v) is 8.08. The van der Waals surface area contributed by atoms with Gasteiger partial charge in [-0.2, -0.15) is 0 Å². The van der Waals surface area contributed by atoms with Gasteiger partial charge in [0.15, 0.2) is 0 Å². The lowest BCUT2D eigenvalue weighted by atomic mass is 10.0. The van der Waals surface area contributed by atoms with E-state index < -0.39 is 0 Å². The zero-order chi connectivity index (χ0) is 12.4. The third-order valence-corrected chi connectivity index (χ3v) is 4.91. The number of nitrogens with zero attached hydrogens (tertiary/aromatic N) is 2. The van der Waals surface area contributed by atoms with Gasteiger partial charge in [-0.15, -0.1) is 0 Å². The lowest BCUT2D eigenvalue weighted by Crippen LogP contribution is -2.50. The minimum absolute atomic E-state index is 0.758. The Morgan fingerprint density at radius 3 is 2.56 bits per heavy atom. The molecule has 0 spiro atoms. The Bertz CT molecular complexity index is 264. The molecule has 2 saturated heterocycles. The maximum Gasteiger partial charge on any atom is 0.0236 e. The number of hydrogen-bond acceptors (Lipinski definition) is 3. The monoisotopic (exact) mass is 251 g/mol. The Kier molecular flexibility index (Phi) is 4.22. The number of piperidine rings is 1. The van der Waals surface area contributed by atoms with E-state index >= 15 is 0 Å². The van der Waals surface area contributed by atoms with Crippen LogP contribution in [0.25, 0.3) is 0 Å². The summed E-state index contributed by atoms with van der Waals surface area (Å²) in [6, 6.07) is 2.58. The molecule has 2 atom stereocenters. The first kappa shape index (κ1) is 12.9. The number of likely N-dealkylation sites (tertiary alicyclic amines) is 2. The fraction of sp³-hybridized carbons (Fsp3) is 1.00. The lowest BCUT2D eigenvalue weighted by molar-refractivity contribution is 0.136. The van der Waals surface area contributed by atoms with E-state index in [0.29, 0.717) is 0 Å². The lowest BCUT2D eigenvalue weighted by Gasteiger charge is -2.37. The van der Waals surface area contributed by atoms with Crippen molar-refractivity contribution in [3.8, 4) is 0 Å². The number of rotatable bonds is 5. The fourth-order valence-corrected chi connectivity index (χ4v) is 3.69. The third-order valence-electron chi connectivity index (χ3n) is 4.91. The first-order chi connectivity index (χ1) is 8.86. The van der Waals surface area contributed by atoms with Gasteiger partial charge in [-0.25, -0.2) is 0 Å². The molecule has 1 N–H and O–H groups in total. The van der Waals surface area contributed by atoms with Crippen LogP contribution in [0.4, 0.5) is 0 Å². The topological polar surface area (TPSA) is 18.5 Å². The SMILES string of the molecule is CCCNC1CCCN(C2CCN(C3CC3)C2)C1. The van der Waals surface area contributed by atoms with Crippen molar-refractivity contribution in [3.63, 3.8) is 0 Å². The van der Waals surface area contributed by atoms with Gasteiger partial charge in [0.25, 0.3) is 0 Å². The summed E-state index contributed by atoms with van der Waals surface area (Å²) in [7, 11) is 0. The maximum absolute atomic E-state index is 3.72. The molecule has 3 rings (SSSR count). The second-order valence-corrected chi connectivity index (χ2v) is 6.46. The molecule has 0 aromatic carbocycles. The highest BCUT2D eigenvalue weighted by molar-refractivity contribution is 4.94. The normalized spacial score (nSPS) is 35.2. The van der Waals surface area contributed by atoms with Gasteiger partial charge in [0.1, 0.15) is 0 Å². The summed E-state index contributed by atoms with van der Waals surface area (Å²) in [4.78, 5) is 5.52. The molecular formula is C15H29N3. The average Bonchev–Trinajstić information content (AvgIpc) is 3.14. The average molecular weight is 251 g/mol. The highest BCUT2D eigenvalue weighted by Gasteiger charge is 2.37. The summed E-state index contributed by atoms with van der Waals surface area (Å²) < 4.78 is 0. The molecule has 104 valence electrons. The standard InChI is InChI=1S/C15H29N3/c1-2-8-16-13-4-3-9-17(11-13)15-7-10-18(12-15)14-5-6-14/h13-16H,2-12H2,1H3. The summed E-state index contributed by atoms with van der Waals surface area (Å²) in [6.45, 7) is 8.80. The van der Waals surface area contributed by atoms with Crippen molar-refractivity contribution < 1.29 is 0 Å². The smallest absolute Gasteiger partial charge is 0.0236 e.